The summed E-state index contributed by atoms with van der Waals surface area (Å²) in [5, 5.41) is 3.13. The van der Waals surface area contributed by atoms with Crippen molar-refractivity contribution in [2.75, 3.05) is 58.0 Å². The van der Waals surface area contributed by atoms with Gasteiger partial charge in [-0.1, -0.05) is 162 Å². The number of carbonyl (C=O) groups excluding carboxylic acids is 3. The van der Waals surface area contributed by atoms with Crippen molar-refractivity contribution < 1.29 is 28.6 Å². The predicted octanol–water partition coefficient (Wildman–Crippen LogP) is 14.7. The molecule has 8 nitrogen and oxygen atoms in total. The number of hydrogen-bond donors (Lipinski definition) is 1. The first kappa shape index (κ1) is 58.4. The van der Waals surface area contributed by atoms with Crippen molar-refractivity contribution >= 4 is 39.6 Å². The smallest absolute Gasteiger partial charge is 0.409 e. The van der Waals surface area contributed by atoms with Crippen LogP contribution in [-0.2, 0) is 23.8 Å². The maximum absolute atomic E-state index is 13.0. The molecule has 0 aliphatic rings. The van der Waals surface area contributed by atoms with Gasteiger partial charge in [-0.3, -0.25) is 9.59 Å². The second kappa shape index (κ2) is 50.0. The Labute approximate surface area is 378 Å². The largest absolute Gasteiger partial charge is 0.466 e. The Hall–Kier alpha value is -1.65. The summed E-state index contributed by atoms with van der Waals surface area (Å²) in [4.78, 5) is 39.3. The van der Waals surface area contributed by atoms with E-state index in [1.807, 2.05) is 7.05 Å². The van der Waals surface area contributed by atoms with E-state index in [1.165, 1.54) is 128 Å². The lowest BCUT2D eigenvalue weighted by Crippen LogP contribution is -2.34. The molecule has 1 N–H and O–H groups in total. The van der Waals surface area contributed by atoms with Gasteiger partial charge in [0.1, 0.15) is 6.61 Å². The Kier molecular flexibility index (Phi) is 48.6. The topological polar surface area (TPSA) is 94.2 Å². The van der Waals surface area contributed by atoms with Gasteiger partial charge in [0.2, 0.25) is 0 Å². The summed E-state index contributed by atoms with van der Waals surface area (Å²) in [6.07, 6.45) is 45.0. The number of allylic oxidation sites excluding steroid dienone is 4. The molecule has 0 aromatic rings. The van der Waals surface area contributed by atoms with Crippen LogP contribution < -0.4 is 5.32 Å². The van der Waals surface area contributed by atoms with Gasteiger partial charge in [-0.2, -0.15) is 0 Å². The fraction of sp³-hybridized carbons (Fsp3) is 0.860. The maximum Gasteiger partial charge on any atom is 0.409 e. The fourth-order valence-corrected chi connectivity index (χ4v) is 8.65. The minimum atomic E-state index is -0.307. The number of unbranched alkanes of at least 4 members (excludes halogenated alkanes) is 24. The highest BCUT2D eigenvalue weighted by Gasteiger charge is 2.15. The van der Waals surface area contributed by atoms with E-state index in [9.17, 15) is 14.4 Å². The number of amides is 1. The lowest BCUT2D eigenvalue weighted by Gasteiger charge is -2.22. The zero-order valence-electron chi connectivity index (χ0n) is 39.3. The Morgan fingerprint density at radius 1 is 0.450 bits per heavy atom. The molecular weight excluding hydrogens is 789 g/mol. The van der Waals surface area contributed by atoms with Crippen LogP contribution in [0, 0.1) is 0 Å². The molecule has 0 saturated carbocycles. The van der Waals surface area contributed by atoms with Crippen LogP contribution in [-0.4, -0.2) is 80.9 Å². The van der Waals surface area contributed by atoms with Crippen LogP contribution in [0.15, 0.2) is 24.3 Å². The highest BCUT2D eigenvalue weighted by Crippen LogP contribution is 2.20. The second-order valence-electron chi connectivity index (χ2n) is 16.4. The van der Waals surface area contributed by atoms with Crippen LogP contribution in [0.1, 0.15) is 219 Å². The maximum atomic E-state index is 13.0. The van der Waals surface area contributed by atoms with Gasteiger partial charge in [-0.25, -0.2) is 4.79 Å². The third-order valence-electron chi connectivity index (χ3n) is 10.6. The molecule has 0 aromatic carbocycles. The molecule has 352 valence electrons. The van der Waals surface area contributed by atoms with Crippen LogP contribution in [0.3, 0.4) is 0 Å². The Morgan fingerprint density at radius 3 is 1.25 bits per heavy atom. The van der Waals surface area contributed by atoms with Gasteiger partial charge in [0.25, 0.3) is 0 Å². The van der Waals surface area contributed by atoms with Crippen LogP contribution in [0.5, 0.6) is 0 Å². The van der Waals surface area contributed by atoms with E-state index in [0.29, 0.717) is 58.6 Å². The van der Waals surface area contributed by atoms with E-state index >= 15 is 0 Å². The molecule has 0 spiro atoms. The summed E-state index contributed by atoms with van der Waals surface area (Å²) in [5.41, 5.74) is 0. The molecule has 0 atom stereocenters. The number of nitrogens with one attached hydrogen (secondary N) is 1. The van der Waals surface area contributed by atoms with Crippen molar-refractivity contribution in [3.05, 3.63) is 24.3 Å². The molecule has 0 unspecified atom stereocenters. The first-order valence-corrected chi connectivity index (χ1v) is 27.5. The number of esters is 2. The third kappa shape index (κ3) is 45.9. The van der Waals surface area contributed by atoms with Crippen molar-refractivity contribution in [2.45, 2.75) is 219 Å². The zero-order chi connectivity index (χ0) is 43.7. The van der Waals surface area contributed by atoms with E-state index < -0.39 is 0 Å². The second-order valence-corrected chi connectivity index (χ2v) is 19.1. The Bertz CT molecular complexity index is 936. The molecule has 0 saturated heterocycles. The molecule has 1 amide bonds. The van der Waals surface area contributed by atoms with Gasteiger partial charge in [-0.15, -0.1) is 0 Å². The molecule has 0 rings (SSSR count). The standard InChI is InChI=1S/C50H94N2O6S2/c1-4-6-8-10-12-14-16-18-20-22-24-26-28-30-32-38-48(53)56-43-36-34-41-52(50(55)58-45-47-60-59-46-40-51-3)42-35-37-44-57-49(54)39-33-31-29-27-25-23-21-19-17-15-13-11-9-7-5-2/h18-21,51H,4-17,22-47H2,1-3H3/b20-18-,21-19-. The van der Waals surface area contributed by atoms with Gasteiger partial charge in [0.05, 0.1) is 13.2 Å². The Morgan fingerprint density at radius 2 is 0.833 bits per heavy atom. The van der Waals surface area contributed by atoms with Gasteiger partial charge in [0, 0.05) is 44.0 Å². The molecule has 0 fully saturated rings. The first-order valence-electron chi connectivity index (χ1n) is 25.0. The van der Waals surface area contributed by atoms with Gasteiger partial charge in [-0.05, 0) is 96.9 Å². The van der Waals surface area contributed by atoms with Crippen molar-refractivity contribution in [3.63, 3.8) is 0 Å². The lowest BCUT2D eigenvalue weighted by atomic mass is 10.1. The highest BCUT2D eigenvalue weighted by molar-refractivity contribution is 8.76. The van der Waals surface area contributed by atoms with Gasteiger partial charge >= 0.3 is 18.0 Å². The van der Waals surface area contributed by atoms with Crippen LogP contribution in [0.2, 0.25) is 0 Å². The third-order valence-corrected chi connectivity index (χ3v) is 13.0. The van der Waals surface area contributed by atoms with Crippen LogP contribution >= 0.6 is 21.6 Å². The van der Waals surface area contributed by atoms with E-state index in [4.69, 9.17) is 14.2 Å². The summed E-state index contributed by atoms with van der Waals surface area (Å²) in [7, 11) is 5.42. The van der Waals surface area contributed by atoms with Crippen molar-refractivity contribution in [3.8, 4) is 0 Å². The summed E-state index contributed by atoms with van der Waals surface area (Å²) >= 11 is 0. The minimum Gasteiger partial charge on any atom is -0.466 e. The normalized spacial score (nSPS) is 11.5. The van der Waals surface area contributed by atoms with E-state index in [-0.39, 0.29) is 18.0 Å². The molecule has 0 aliphatic heterocycles. The van der Waals surface area contributed by atoms with Crippen LogP contribution in [0.4, 0.5) is 4.79 Å². The van der Waals surface area contributed by atoms with Gasteiger partial charge < -0.3 is 24.4 Å². The lowest BCUT2D eigenvalue weighted by molar-refractivity contribution is -0.144. The fourth-order valence-electron chi connectivity index (χ4n) is 6.82. The van der Waals surface area contributed by atoms with Crippen molar-refractivity contribution in [1.29, 1.82) is 0 Å². The molecular formula is C50H94N2O6S2. The minimum absolute atomic E-state index is 0.124. The predicted molar refractivity (Wildman–Crippen MR) is 261 cm³/mol. The number of ether oxygens (including phenoxy) is 3. The molecule has 0 aromatic heterocycles. The average Bonchev–Trinajstić information content (AvgIpc) is 3.25. The molecule has 0 radical (unpaired) electrons. The average molecular weight is 883 g/mol. The highest BCUT2D eigenvalue weighted by atomic mass is 33.1. The zero-order valence-corrected chi connectivity index (χ0v) is 40.9. The Balaban J connectivity index is 4.11. The quantitative estimate of drug-likeness (QED) is 0.0211. The van der Waals surface area contributed by atoms with Crippen molar-refractivity contribution in [2.24, 2.45) is 0 Å². The summed E-state index contributed by atoms with van der Waals surface area (Å²) < 4.78 is 16.6. The van der Waals surface area contributed by atoms with Gasteiger partial charge in [0.15, 0.2) is 0 Å². The number of carbonyl (C=O) groups is 3. The summed E-state index contributed by atoms with van der Waals surface area (Å²) in [6.45, 7) is 7.69. The summed E-state index contributed by atoms with van der Waals surface area (Å²) in [6, 6.07) is 0. The van der Waals surface area contributed by atoms with E-state index in [0.717, 1.165) is 69.4 Å². The van der Waals surface area contributed by atoms with E-state index in [1.54, 1.807) is 26.5 Å². The van der Waals surface area contributed by atoms with Crippen molar-refractivity contribution in [1.82, 2.24) is 10.2 Å². The number of hydrogen-bond acceptors (Lipinski definition) is 9. The monoisotopic (exact) mass is 883 g/mol. The molecule has 0 heterocycles. The molecule has 0 aliphatic carbocycles. The first-order chi connectivity index (χ1) is 29.5. The van der Waals surface area contributed by atoms with Crippen LogP contribution in [0.25, 0.3) is 0 Å². The molecule has 60 heavy (non-hydrogen) atoms. The number of nitrogens with zero attached hydrogens (tertiary/aromatic N) is 1. The summed E-state index contributed by atoms with van der Waals surface area (Å²) in [5.74, 6) is 1.50. The van der Waals surface area contributed by atoms with E-state index in [2.05, 4.69) is 43.5 Å². The number of rotatable bonds is 47. The molecule has 10 heteroatoms. The SMILES string of the molecule is CCCCCCCC/C=C\CCCCCCCC(=O)OCCCCN(CCCCOC(=O)CCCCCCC/C=C\CCCCCCCC)C(=O)OCCSSCCNC. The molecule has 0 bridgehead atoms.